The number of benzene rings is 1. The fraction of sp³-hybridized carbons (Fsp3) is 0.467. The van der Waals surface area contributed by atoms with Gasteiger partial charge in [0.05, 0.1) is 13.0 Å². The highest BCUT2D eigenvalue weighted by molar-refractivity contribution is 5.85. The SMILES string of the molecule is C[C@@H]1CNCCN1C(=O)CNC(=O)Cc1ccccc1. The molecule has 5 heteroatoms. The largest absolute Gasteiger partial charge is 0.347 e. The van der Waals surface area contributed by atoms with E-state index in [0.29, 0.717) is 13.0 Å². The van der Waals surface area contributed by atoms with Gasteiger partial charge in [0.25, 0.3) is 0 Å². The van der Waals surface area contributed by atoms with E-state index in [9.17, 15) is 9.59 Å². The summed E-state index contributed by atoms with van der Waals surface area (Å²) < 4.78 is 0. The van der Waals surface area contributed by atoms with Crippen molar-refractivity contribution in [2.75, 3.05) is 26.2 Å². The maximum Gasteiger partial charge on any atom is 0.242 e. The third-order valence-corrected chi connectivity index (χ3v) is 3.47. The van der Waals surface area contributed by atoms with Gasteiger partial charge in [-0.05, 0) is 12.5 Å². The first-order chi connectivity index (χ1) is 9.66. The van der Waals surface area contributed by atoms with Crippen LogP contribution in [0.4, 0.5) is 0 Å². The van der Waals surface area contributed by atoms with E-state index in [4.69, 9.17) is 0 Å². The van der Waals surface area contributed by atoms with Gasteiger partial charge < -0.3 is 15.5 Å². The Bertz CT molecular complexity index is 461. The Morgan fingerprint density at radius 2 is 2.10 bits per heavy atom. The van der Waals surface area contributed by atoms with Gasteiger partial charge in [-0.15, -0.1) is 0 Å². The van der Waals surface area contributed by atoms with Crippen molar-refractivity contribution < 1.29 is 9.59 Å². The van der Waals surface area contributed by atoms with E-state index in [1.165, 1.54) is 0 Å². The van der Waals surface area contributed by atoms with Gasteiger partial charge in [0, 0.05) is 25.7 Å². The molecule has 5 nitrogen and oxygen atoms in total. The Balaban J connectivity index is 1.76. The van der Waals surface area contributed by atoms with Gasteiger partial charge in [-0.3, -0.25) is 9.59 Å². The molecule has 1 saturated heterocycles. The van der Waals surface area contributed by atoms with Gasteiger partial charge in [-0.2, -0.15) is 0 Å². The molecule has 1 aliphatic heterocycles. The van der Waals surface area contributed by atoms with E-state index in [-0.39, 0.29) is 24.4 Å². The molecule has 0 saturated carbocycles. The predicted molar refractivity (Wildman–Crippen MR) is 77.2 cm³/mol. The first-order valence-electron chi connectivity index (χ1n) is 6.97. The second-order valence-corrected chi connectivity index (χ2v) is 5.08. The van der Waals surface area contributed by atoms with Crippen LogP contribution in [0.2, 0.25) is 0 Å². The van der Waals surface area contributed by atoms with Gasteiger partial charge in [0.2, 0.25) is 11.8 Å². The van der Waals surface area contributed by atoms with Crippen LogP contribution in [0.1, 0.15) is 12.5 Å². The molecule has 1 atom stereocenters. The maximum absolute atomic E-state index is 12.0. The van der Waals surface area contributed by atoms with E-state index >= 15 is 0 Å². The normalized spacial score (nSPS) is 18.6. The van der Waals surface area contributed by atoms with E-state index in [0.717, 1.165) is 18.7 Å². The Labute approximate surface area is 119 Å². The number of nitrogens with zero attached hydrogens (tertiary/aromatic N) is 1. The summed E-state index contributed by atoms with van der Waals surface area (Å²) in [7, 11) is 0. The lowest BCUT2D eigenvalue weighted by molar-refractivity contribution is -0.135. The number of rotatable bonds is 4. The lowest BCUT2D eigenvalue weighted by Gasteiger charge is -2.34. The lowest BCUT2D eigenvalue weighted by Crippen LogP contribution is -2.54. The summed E-state index contributed by atoms with van der Waals surface area (Å²) >= 11 is 0. The molecule has 1 heterocycles. The van der Waals surface area contributed by atoms with Crippen LogP contribution >= 0.6 is 0 Å². The molecule has 1 aromatic carbocycles. The molecule has 0 radical (unpaired) electrons. The summed E-state index contributed by atoms with van der Waals surface area (Å²) in [5, 5.41) is 5.93. The Kier molecular flexibility index (Phi) is 5.12. The molecule has 0 bridgehead atoms. The second kappa shape index (κ2) is 7.05. The Morgan fingerprint density at radius 1 is 1.35 bits per heavy atom. The molecular formula is C15H21N3O2. The van der Waals surface area contributed by atoms with Crippen LogP contribution < -0.4 is 10.6 Å². The molecule has 0 unspecified atom stereocenters. The molecule has 1 aromatic rings. The van der Waals surface area contributed by atoms with E-state index in [2.05, 4.69) is 10.6 Å². The summed E-state index contributed by atoms with van der Waals surface area (Å²) in [5.74, 6) is -0.132. The van der Waals surface area contributed by atoms with Crippen LogP contribution in [-0.2, 0) is 16.0 Å². The van der Waals surface area contributed by atoms with Crippen molar-refractivity contribution in [1.82, 2.24) is 15.5 Å². The van der Waals surface area contributed by atoms with Crippen molar-refractivity contribution in [2.45, 2.75) is 19.4 Å². The number of hydrogen-bond acceptors (Lipinski definition) is 3. The molecular weight excluding hydrogens is 254 g/mol. The van der Waals surface area contributed by atoms with Gasteiger partial charge in [-0.1, -0.05) is 30.3 Å². The van der Waals surface area contributed by atoms with Gasteiger partial charge >= 0.3 is 0 Å². The number of amides is 2. The molecule has 0 spiro atoms. The quantitative estimate of drug-likeness (QED) is 0.823. The minimum absolute atomic E-state index is 0.0135. The smallest absolute Gasteiger partial charge is 0.242 e. The zero-order chi connectivity index (χ0) is 14.4. The van der Waals surface area contributed by atoms with Crippen molar-refractivity contribution >= 4 is 11.8 Å². The summed E-state index contributed by atoms with van der Waals surface area (Å²) in [6.45, 7) is 4.41. The molecule has 2 rings (SSSR count). The van der Waals surface area contributed by atoms with Crippen molar-refractivity contribution in [3.63, 3.8) is 0 Å². The lowest BCUT2D eigenvalue weighted by atomic mass is 10.1. The van der Waals surface area contributed by atoms with Crippen LogP contribution in [0.5, 0.6) is 0 Å². The molecule has 0 aliphatic carbocycles. The first-order valence-corrected chi connectivity index (χ1v) is 6.97. The molecule has 2 amide bonds. The topological polar surface area (TPSA) is 61.4 Å². The minimum Gasteiger partial charge on any atom is -0.347 e. The van der Waals surface area contributed by atoms with Gasteiger partial charge in [0.1, 0.15) is 0 Å². The zero-order valence-electron chi connectivity index (χ0n) is 11.8. The maximum atomic E-state index is 12.0. The highest BCUT2D eigenvalue weighted by Gasteiger charge is 2.22. The zero-order valence-corrected chi connectivity index (χ0v) is 11.8. The third-order valence-electron chi connectivity index (χ3n) is 3.47. The summed E-state index contributed by atoms with van der Waals surface area (Å²) in [6.07, 6.45) is 0.311. The fourth-order valence-corrected chi connectivity index (χ4v) is 2.33. The average Bonchev–Trinajstić information content (AvgIpc) is 2.46. The number of carbonyl (C=O) groups excluding carboxylic acids is 2. The van der Waals surface area contributed by atoms with Crippen LogP contribution in [0.3, 0.4) is 0 Å². The third kappa shape index (κ3) is 4.06. The standard InChI is InChI=1S/C15H21N3O2/c1-12-10-16-7-8-18(12)15(20)11-17-14(19)9-13-5-3-2-4-6-13/h2-6,12,16H,7-11H2,1H3,(H,17,19)/t12-/m1/s1. The molecule has 0 aromatic heterocycles. The van der Waals surface area contributed by atoms with E-state index in [1.54, 1.807) is 0 Å². The summed E-state index contributed by atoms with van der Waals surface area (Å²) in [5.41, 5.74) is 0.952. The Hall–Kier alpha value is -1.88. The number of hydrogen-bond donors (Lipinski definition) is 2. The van der Waals surface area contributed by atoms with E-state index < -0.39 is 0 Å². The van der Waals surface area contributed by atoms with Crippen molar-refractivity contribution in [1.29, 1.82) is 0 Å². The average molecular weight is 275 g/mol. The second-order valence-electron chi connectivity index (χ2n) is 5.08. The Morgan fingerprint density at radius 3 is 2.80 bits per heavy atom. The van der Waals surface area contributed by atoms with Gasteiger partial charge in [-0.25, -0.2) is 0 Å². The molecule has 1 fully saturated rings. The molecule has 108 valence electrons. The van der Waals surface area contributed by atoms with Crippen LogP contribution in [0, 0.1) is 0 Å². The fourth-order valence-electron chi connectivity index (χ4n) is 2.33. The summed E-state index contributed by atoms with van der Waals surface area (Å²) in [6, 6.07) is 9.70. The molecule has 1 aliphatic rings. The van der Waals surface area contributed by atoms with Crippen molar-refractivity contribution in [2.24, 2.45) is 0 Å². The molecule has 20 heavy (non-hydrogen) atoms. The summed E-state index contributed by atoms with van der Waals surface area (Å²) in [4.78, 5) is 25.7. The van der Waals surface area contributed by atoms with Gasteiger partial charge in [0.15, 0.2) is 0 Å². The van der Waals surface area contributed by atoms with Crippen molar-refractivity contribution in [3.05, 3.63) is 35.9 Å². The highest BCUT2D eigenvalue weighted by atomic mass is 16.2. The number of carbonyl (C=O) groups is 2. The highest BCUT2D eigenvalue weighted by Crippen LogP contribution is 2.02. The molecule has 2 N–H and O–H groups in total. The monoisotopic (exact) mass is 275 g/mol. The van der Waals surface area contributed by atoms with Crippen LogP contribution in [-0.4, -0.2) is 48.9 Å². The first kappa shape index (κ1) is 14.5. The van der Waals surface area contributed by atoms with Crippen LogP contribution in [0.15, 0.2) is 30.3 Å². The predicted octanol–water partition coefficient (Wildman–Crippen LogP) is 0.166. The minimum atomic E-state index is -0.118. The van der Waals surface area contributed by atoms with Crippen LogP contribution in [0.25, 0.3) is 0 Å². The number of nitrogens with one attached hydrogen (secondary N) is 2. The number of piperazine rings is 1. The van der Waals surface area contributed by atoms with Crippen molar-refractivity contribution in [3.8, 4) is 0 Å². The van der Waals surface area contributed by atoms with E-state index in [1.807, 2.05) is 42.2 Å².